The number of rotatable bonds is 8. The molecule has 0 heterocycles. The van der Waals surface area contributed by atoms with Gasteiger partial charge in [0, 0.05) is 13.0 Å². The van der Waals surface area contributed by atoms with Gasteiger partial charge in [0.25, 0.3) is 0 Å². The van der Waals surface area contributed by atoms with Crippen molar-refractivity contribution >= 4 is 0 Å². The van der Waals surface area contributed by atoms with Crippen LogP contribution in [0, 0.1) is 0 Å². The summed E-state index contributed by atoms with van der Waals surface area (Å²) in [6, 6.07) is 0. The molecule has 0 aromatic heterocycles. The standard InChI is InChI=1S/C10H7F15O/c11-4(12,2-1-3-26)5(13,14)6(15,16)7(17,18)8(19,20)9(21,22)10(23,24)25/h26H,1-3H2. The van der Waals surface area contributed by atoms with Crippen molar-refractivity contribution in [2.45, 2.75) is 54.6 Å². The van der Waals surface area contributed by atoms with Crippen LogP contribution in [0.15, 0.2) is 0 Å². The minimum atomic E-state index is -8.26. The summed E-state index contributed by atoms with van der Waals surface area (Å²) in [5, 5.41) is 8.13. The lowest BCUT2D eigenvalue weighted by atomic mass is 9.90. The highest BCUT2D eigenvalue weighted by molar-refractivity contribution is 5.12. The number of aliphatic hydroxyl groups is 1. The maximum atomic E-state index is 13.1. The molecule has 26 heavy (non-hydrogen) atoms. The largest absolute Gasteiger partial charge is 0.460 e. The molecule has 0 bridgehead atoms. The molecule has 0 aliphatic rings. The smallest absolute Gasteiger partial charge is 0.396 e. The summed E-state index contributed by atoms with van der Waals surface area (Å²) in [4.78, 5) is 0. The predicted octanol–water partition coefficient (Wildman–Crippen LogP) is 5.13. The maximum Gasteiger partial charge on any atom is 0.460 e. The Morgan fingerprint density at radius 1 is 0.462 bits per heavy atom. The lowest BCUT2D eigenvalue weighted by Gasteiger charge is -2.41. The molecule has 0 unspecified atom stereocenters. The molecule has 0 aliphatic heterocycles. The van der Waals surface area contributed by atoms with Gasteiger partial charge in [-0.15, -0.1) is 0 Å². The zero-order valence-electron chi connectivity index (χ0n) is 11.7. The topological polar surface area (TPSA) is 20.2 Å². The van der Waals surface area contributed by atoms with Gasteiger partial charge in [0.2, 0.25) is 0 Å². The molecule has 0 rings (SSSR count). The Hall–Kier alpha value is -1.09. The molecule has 0 saturated heterocycles. The fraction of sp³-hybridized carbons (Fsp3) is 1.00. The van der Waals surface area contributed by atoms with Crippen molar-refractivity contribution in [1.29, 1.82) is 0 Å². The first-order valence-electron chi connectivity index (χ1n) is 6.00. The van der Waals surface area contributed by atoms with Gasteiger partial charge in [-0.1, -0.05) is 0 Å². The Bertz CT molecular complexity index is 491. The molecule has 158 valence electrons. The fourth-order valence-corrected chi connectivity index (χ4v) is 1.46. The van der Waals surface area contributed by atoms with E-state index in [1.165, 1.54) is 0 Å². The highest BCUT2D eigenvalue weighted by Crippen LogP contribution is 2.62. The van der Waals surface area contributed by atoms with Gasteiger partial charge in [0.05, 0.1) is 0 Å². The molecule has 0 spiro atoms. The average molecular weight is 428 g/mol. The Morgan fingerprint density at radius 2 is 0.769 bits per heavy atom. The molecule has 0 amide bonds. The van der Waals surface area contributed by atoms with Gasteiger partial charge in [0.15, 0.2) is 0 Å². The van der Waals surface area contributed by atoms with Gasteiger partial charge >= 0.3 is 41.7 Å². The maximum absolute atomic E-state index is 13.1. The van der Waals surface area contributed by atoms with Crippen LogP contribution in [0.5, 0.6) is 0 Å². The second-order valence-electron chi connectivity index (χ2n) is 4.90. The number of hydrogen-bond donors (Lipinski definition) is 1. The SMILES string of the molecule is OCCCC(F)(F)C(F)(F)C(F)(F)C(F)(F)C(F)(F)C(F)(F)C(F)(F)F. The molecule has 0 saturated carbocycles. The first kappa shape index (κ1) is 24.9. The van der Waals surface area contributed by atoms with Gasteiger partial charge < -0.3 is 5.11 Å². The molecule has 0 aliphatic carbocycles. The highest BCUT2D eigenvalue weighted by Gasteiger charge is 2.93. The van der Waals surface area contributed by atoms with Crippen LogP contribution < -0.4 is 0 Å². The van der Waals surface area contributed by atoms with Crippen molar-refractivity contribution in [3.8, 4) is 0 Å². The van der Waals surface area contributed by atoms with Gasteiger partial charge in [-0.25, -0.2) is 0 Å². The Morgan fingerprint density at radius 3 is 1.08 bits per heavy atom. The highest BCUT2D eigenvalue weighted by atomic mass is 19.4. The van der Waals surface area contributed by atoms with Crippen LogP contribution in [0.1, 0.15) is 12.8 Å². The summed E-state index contributed by atoms with van der Waals surface area (Å²) in [5.74, 6) is -46.3. The van der Waals surface area contributed by atoms with Crippen molar-refractivity contribution in [3.05, 3.63) is 0 Å². The van der Waals surface area contributed by atoms with Crippen LogP contribution in [0.2, 0.25) is 0 Å². The number of hydrogen-bond acceptors (Lipinski definition) is 1. The summed E-state index contributed by atoms with van der Waals surface area (Å²) in [5.41, 5.74) is 0. The van der Waals surface area contributed by atoms with E-state index in [-0.39, 0.29) is 0 Å². The van der Waals surface area contributed by atoms with Crippen LogP contribution in [-0.2, 0) is 0 Å². The molecular weight excluding hydrogens is 421 g/mol. The van der Waals surface area contributed by atoms with E-state index in [0.29, 0.717) is 0 Å². The third-order valence-corrected chi connectivity index (χ3v) is 3.04. The molecule has 0 atom stereocenters. The Labute approximate surface area is 133 Å². The van der Waals surface area contributed by atoms with E-state index >= 15 is 0 Å². The zero-order chi connectivity index (χ0) is 21.6. The van der Waals surface area contributed by atoms with Crippen LogP contribution >= 0.6 is 0 Å². The van der Waals surface area contributed by atoms with E-state index in [0.717, 1.165) is 0 Å². The Kier molecular flexibility index (Phi) is 6.24. The molecule has 0 aromatic carbocycles. The van der Waals surface area contributed by atoms with E-state index in [1.54, 1.807) is 0 Å². The number of halogens is 15. The summed E-state index contributed by atoms with van der Waals surface area (Å²) in [6.07, 6.45) is -11.5. The summed E-state index contributed by atoms with van der Waals surface area (Å²) in [7, 11) is 0. The minimum absolute atomic E-state index is 1.38. The van der Waals surface area contributed by atoms with E-state index in [9.17, 15) is 65.9 Å². The van der Waals surface area contributed by atoms with Crippen molar-refractivity contribution < 1.29 is 71.0 Å². The van der Waals surface area contributed by atoms with Crippen LogP contribution in [0.3, 0.4) is 0 Å². The summed E-state index contributed by atoms with van der Waals surface area (Å²) < 4.78 is 190. The van der Waals surface area contributed by atoms with Gasteiger partial charge in [-0.2, -0.15) is 65.9 Å². The van der Waals surface area contributed by atoms with Crippen molar-refractivity contribution in [2.24, 2.45) is 0 Å². The van der Waals surface area contributed by atoms with Crippen LogP contribution in [0.25, 0.3) is 0 Å². The van der Waals surface area contributed by atoms with E-state index < -0.39 is 61.2 Å². The van der Waals surface area contributed by atoms with Gasteiger partial charge in [0.1, 0.15) is 0 Å². The molecule has 1 N–H and O–H groups in total. The second kappa shape index (κ2) is 6.51. The van der Waals surface area contributed by atoms with E-state index in [1.807, 2.05) is 0 Å². The van der Waals surface area contributed by atoms with Crippen LogP contribution in [-0.4, -0.2) is 53.4 Å². The van der Waals surface area contributed by atoms with E-state index in [2.05, 4.69) is 0 Å². The van der Waals surface area contributed by atoms with Crippen LogP contribution in [0.4, 0.5) is 65.9 Å². The summed E-state index contributed by atoms with van der Waals surface area (Å²) >= 11 is 0. The average Bonchev–Trinajstić information content (AvgIpc) is 2.42. The second-order valence-corrected chi connectivity index (χ2v) is 4.90. The zero-order valence-corrected chi connectivity index (χ0v) is 11.7. The van der Waals surface area contributed by atoms with Gasteiger partial charge in [-0.3, -0.25) is 0 Å². The monoisotopic (exact) mass is 428 g/mol. The normalized spacial score (nSPS) is 16.2. The van der Waals surface area contributed by atoms with Crippen molar-refractivity contribution in [2.75, 3.05) is 6.61 Å². The van der Waals surface area contributed by atoms with Gasteiger partial charge in [-0.05, 0) is 6.42 Å². The first-order valence-corrected chi connectivity index (χ1v) is 6.00. The Balaban J connectivity index is 6.33. The first-order chi connectivity index (χ1) is 11.1. The number of alkyl halides is 15. The minimum Gasteiger partial charge on any atom is -0.396 e. The predicted molar refractivity (Wildman–Crippen MR) is 52.1 cm³/mol. The fourth-order valence-electron chi connectivity index (χ4n) is 1.46. The third-order valence-electron chi connectivity index (χ3n) is 3.04. The lowest BCUT2D eigenvalue weighted by molar-refractivity contribution is -0.452. The van der Waals surface area contributed by atoms with Crippen molar-refractivity contribution in [3.63, 3.8) is 0 Å². The van der Waals surface area contributed by atoms with Crippen molar-refractivity contribution in [1.82, 2.24) is 0 Å². The molecule has 0 radical (unpaired) electrons. The quantitative estimate of drug-likeness (QED) is 0.532. The van der Waals surface area contributed by atoms with E-state index in [4.69, 9.17) is 5.11 Å². The molecule has 1 nitrogen and oxygen atoms in total. The molecule has 0 aromatic rings. The number of aliphatic hydroxyl groups excluding tert-OH is 1. The lowest BCUT2D eigenvalue weighted by Crippen LogP contribution is -2.72. The molecule has 0 fully saturated rings. The molecule has 16 heteroatoms. The molecular formula is C10H7F15O. The summed E-state index contributed by atoms with van der Waals surface area (Å²) in [6.45, 7) is -1.38. The third kappa shape index (κ3) is 3.28.